The van der Waals surface area contributed by atoms with Gasteiger partial charge in [-0.25, -0.2) is 9.18 Å². The van der Waals surface area contributed by atoms with Gasteiger partial charge in [0.25, 0.3) is 0 Å². The molecule has 0 saturated heterocycles. The SMILES string of the molecule is O=c1[nH]ccn1-c1ccc(Br)cc1F. The number of nitrogens with zero attached hydrogens (tertiary/aromatic N) is 1. The van der Waals surface area contributed by atoms with Crippen molar-refractivity contribution in [2.45, 2.75) is 0 Å². The summed E-state index contributed by atoms with van der Waals surface area (Å²) in [6.07, 6.45) is 2.94. The number of hydrogen-bond donors (Lipinski definition) is 1. The lowest BCUT2D eigenvalue weighted by Crippen LogP contribution is -2.15. The van der Waals surface area contributed by atoms with Crippen LogP contribution in [0.5, 0.6) is 0 Å². The minimum Gasteiger partial charge on any atom is -0.312 e. The number of aromatic nitrogens is 2. The Kier molecular flexibility index (Phi) is 2.25. The van der Waals surface area contributed by atoms with Gasteiger partial charge in [-0.3, -0.25) is 4.57 Å². The monoisotopic (exact) mass is 256 g/mol. The van der Waals surface area contributed by atoms with Gasteiger partial charge in [0, 0.05) is 16.9 Å². The number of rotatable bonds is 1. The van der Waals surface area contributed by atoms with Gasteiger partial charge < -0.3 is 4.98 Å². The van der Waals surface area contributed by atoms with E-state index in [4.69, 9.17) is 0 Å². The summed E-state index contributed by atoms with van der Waals surface area (Å²) in [5, 5.41) is 0. The van der Waals surface area contributed by atoms with Crippen LogP contribution in [-0.2, 0) is 0 Å². The van der Waals surface area contributed by atoms with Crippen molar-refractivity contribution in [2.75, 3.05) is 0 Å². The summed E-state index contributed by atoms with van der Waals surface area (Å²) >= 11 is 3.14. The standard InChI is InChI=1S/C9H6BrFN2O/c10-6-1-2-8(7(11)5-6)13-4-3-12-9(13)14/h1-5H,(H,12,14). The Bertz CT molecular complexity index is 518. The fourth-order valence-corrected chi connectivity index (χ4v) is 1.52. The lowest BCUT2D eigenvalue weighted by atomic mass is 10.3. The number of benzene rings is 1. The molecule has 0 atom stereocenters. The van der Waals surface area contributed by atoms with Gasteiger partial charge in [0.1, 0.15) is 5.82 Å². The second-order valence-electron chi connectivity index (χ2n) is 2.73. The Morgan fingerprint density at radius 2 is 2.21 bits per heavy atom. The second kappa shape index (κ2) is 3.42. The van der Waals surface area contributed by atoms with Gasteiger partial charge in [-0.15, -0.1) is 0 Å². The molecule has 1 N–H and O–H groups in total. The maximum Gasteiger partial charge on any atom is 0.330 e. The minimum absolute atomic E-state index is 0.236. The van der Waals surface area contributed by atoms with Crippen molar-refractivity contribution < 1.29 is 4.39 Å². The molecule has 1 heterocycles. The normalized spacial score (nSPS) is 10.4. The molecule has 1 aromatic carbocycles. The van der Waals surface area contributed by atoms with E-state index in [1.807, 2.05) is 0 Å². The third kappa shape index (κ3) is 1.50. The Morgan fingerprint density at radius 3 is 2.79 bits per heavy atom. The van der Waals surface area contributed by atoms with Crippen molar-refractivity contribution in [2.24, 2.45) is 0 Å². The van der Waals surface area contributed by atoms with Crippen LogP contribution in [-0.4, -0.2) is 9.55 Å². The average Bonchev–Trinajstić information content (AvgIpc) is 2.52. The molecule has 0 aliphatic rings. The smallest absolute Gasteiger partial charge is 0.312 e. The maximum atomic E-state index is 13.4. The van der Waals surface area contributed by atoms with E-state index in [-0.39, 0.29) is 11.4 Å². The van der Waals surface area contributed by atoms with Crippen molar-refractivity contribution >= 4 is 15.9 Å². The molecule has 1 aromatic heterocycles. The van der Waals surface area contributed by atoms with E-state index in [9.17, 15) is 9.18 Å². The molecular weight excluding hydrogens is 251 g/mol. The summed E-state index contributed by atoms with van der Waals surface area (Å²) < 4.78 is 15.2. The fraction of sp³-hybridized carbons (Fsp3) is 0. The Balaban J connectivity index is 2.63. The zero-order valence-corrected chi connectivity index (χ0v) is 8.58. The van der Waals surface area contributed by atoms with Crippen molar-refractivity contribution in [1.82, 2.24) is 9.55 Å². The first kappa shape index (κ1) is 9.21. The molecule has 0 aliphatic carbocycles. The highest BCUT2D eigenvalue weighted by atomic mass is 79.9. The van der Waals surface area contributed by atoms with E-state index in [0.717, 1.165) is 0 Å². The van der Waals surface area contributed by atoms with Crippen molar-refractivity contribution in [3.63, 3.8) is 0 Å². The highest BCUT2D eigenvalue weighted by molar-refractivity contribution is 9.10. The summed E-state index contributed by atoms with van der Waals surface area (Å²) in [4.78, 5) is 13.6. The lowest BCUT2D eigenvalue weighted by molar-refractivity contribution is 0.615. The highest BCUT2D eigenvalue weighted by Crippen LogP contribution is 2.17. The first-order valence-corrected chi connectivity index (χ1v) is 4.69. The van der Waals surface area contributed by atoms with E-state index in [2.05, 4.69) is 20.9 Å². The topological polar surface area (TPSA) is 37.8 Å². The van der Waals surface area contributed by atoms with E-state index in [1.54, 1.807) is 6.07 Å². The van der Waals surface area contributed by atoms with Crippen LogP contribution >= 0.6 is 15.9 Å². The van der Waals surface area contributed by atoms with Gasteiger partial charge in [-0.1, -0.05) is 15.9 Å². The summed E-state index contributed by atoms with van der Waals surface area (Å²) in [7, 11) is 0. The Labute approximate surface area is 87.3 Å². The third-order valence-corrected chi connectivity index (χ3v) is 2.31. The second-order valence-corrected chi connectivity index (χ2v) is 3.65. The number of halogens is 2. The predicted molar refractivity (Wildman–Crippen MR) is 54.0 cm³/mol. The number of aromatic amines is 1. The van der Waals surface area contributed by atoms with Gasteiger partial charge in [-0.2, -0.15) is 0 Å². The van der Waals surface area contributed by atoms with Crippen LogP contribution in [0.3, 0.4) is 0 Å². The molecule has 3 nitrogen and oxygen atoms in total. The van der Waals surface area contributed by atoms with E-state index in [1.165, 1.54) is 29.1 Å². The zero-order chi connectivity index (χ0) is 10.1. The molecule has 14 heavy (non-hydrogen) atoms. The van der Waals surface area contributed by atoms with Gasteiger partial charge >= 0.3 is 5.69 Å². The first-order valence-electron chi connectivity index (χ1n) is 3.90. The summed E-state index contributed by atoms with van der Waals surface area (Å²) in [5.41, 5.74) is -0.120. The molecule has 0 radical (unpaired) electrons. The van der Waals surface area contributed by atoms with Crippen molar-refractivity contribution in [3.05, 3.63) is 51.4 Å². The van der Waals surface area contributed by atoms with E-state index < -0.39 is 5.82 Å². The fourth-order valence-electron chi connectivity index (χ4n) is 1.19. The molecule has 72 valence electrons. The van der Waals surface area contributed by atoms with Gasteiger partial charge in [-0.05, 0) is 18.2 Å². The van der Waals surface area contributed by atoms with Crippen LogP contribution in [0.15, 0.2) is 39.9 Å². The Hall–Kier alpha value is -1.36. The lowest BCUT2D eigenvalue weighted by Gasteiger charge is -2.02. The summed E-state index contributed by atoms with van der Waals surface area (Å²) in [6, 6.07) is 4.53. The van der Waals surface area contributed by atoms with Crippen molar-refractivity contribution in [1.29, 1.82) is 0 Å². The van der Waals surface area contributed by atoms with Crippen LogP contribution < -0.4 is 5.69 Å². The van der Waals surface area contributed by atoms with E-state index >= 15 is 0 Å². The zero-order valence-electron chi connectivity index (χ0n) is 7.00. The van der Waals surface area contributed by atoms with Gasteiger partial charge in [0.15, 0.2) is 0 Å². The number of nitrogens with one attached hydrogen (secondary N) is 1. The quantitative estimate of drug-likeness (QED) is 0.834. The van der Waals surface area contributed by atoms with Crippen LogP contribution in [0, 0.1) is 5.82 Å². The van der Waals surface area contributed by atoms with Crippen LogP contribution in [0.4, 0.5) is 4.39 Å². The summed E-state index contributed by atoms with van der Waals surface area (Å²) in [5.74, 6) is -0.443. The average molecular weight is 257 g/mol. The predicted octanol–water partition coefficient (Wildman–Crippen LogP) is 2.07. The molecule has 2 rings (SSSR count). The molecule has 2 aromatic rings. The molecular formula is C9H6BrFN2O. The molecule has 0 fully saturated rings. The molecule has 5 heteroatoms. The molecule has 0 unspecified atom stereocenters. The van der Waals surface area contributed by atoms with Crippen LogP contribution in [0.25, 0.3) is 5.69 Å². The number of hydrogen-bond acceptors (Lipinski definition) is 1. The third-order valence-electron chi connectivity index (χ3n) is 1.82. The number of H-pyrrole nitrogens is 1. The first-order chi connectivity index (χ1) is 6.68. The molecule has 0 bridgehead atoms. The maximum absolute atomic E-state index is 13.4. The highest BCUT2D eigenvalue weighted by Gasteiger charge is 2.06. The van der Waals surface area contributed by atoms with Crippen LogP contribution in [0.1, 0.15) is 0 Å². The van der Waals surface area contributed by atoms with Gasteiger partial charge in [0.2, 0.25) is 0 Å². The molecule has 0 spiro atoms. The number of imidazole rings is 1. The van der Waals surface area contributed by atoms with Gasteiger partial charge in [0.05, 0.1) is 5.69 Å². The molecule has 0 aliphatic heterocycles. The summed E-state index contributed by atoms with van der Waals surface area (Å²) in [6.45, 7) is 0. The molecule has 0 saturated carbocycles. The largest absolute Gasteiger partial charge is 0.330 e. The minimum atomic E-state index is -0.443. The Morgan fingerprint density at radius 1 is 1.43 bits per heavy atom. The van der Waals surface area contributed by atoms with E-state index in [0.29, 0.717) is 4.47 Å². The van der Waals surface area contributed by atoms with Crippen molar-refractivity contribution in [3.8, 4) is 5.69 Å². The van der Waals surface area contributed by atoms with Crippen LogP contribution in [0.2, 0.25) is 0 Å². The molecule has 0 amide bonds.